The Hall–Kier alpha value is -2.68. The second-order valence-corrected chi connectivity index (χ2v) is 11.0. The molecule has 7 nitrogen and oxygen atoms in total. The molecule has 0 bridgehead atoms. The fourth-order valence-electron chi connectivity index (χ4n) is 5.32. The van der Waals surface area contributed by atoms with E-state index >= 15 is 0 Å². The predicted molar refractivity (Wildman–Crippen MR) is 142 cm³/mol. The van der Waals surface area contributed by atoms with Gasteiger partial charge >= 0.3 is 0 Å². The van der Waals surface area contributed by atoms with E-state index in [4.69, 9.17) is 4.74 Å². The highest BCUT2D eigenvalue weighted by molar-refractivity contribution is 9.10. The lowest BCUT2D eigenvalue weighted by Gasteiger charge is -2.48. The van der Waals surface area contributed by atoms with E-state index in [-0.39, 0.29) is 17.6 Å². The topological polar surface area (TPSA) is 88.4 Å². The number of hydrogen-bond donors (Lipinski definition) is 3. The number of amides is 1. The Morgan fingerprint density at radius 3 is 2.69 bits per heavy atom. The zero-order chi connectivity index (χ0) is 25.3. The van der Waals surface area contributed by atoms with Gasteiger partial charge in [-0.3, -0.25) is 9.48 Å². The molecule has 2 aliphatic rings. The molecule has 1 spiro atoms. The van der Waals surface area contributed by atoms with Gasteiger partial charge in [0.25, 0.3) is 5.91 Å². The highest BCUT2D eigenvalue weighted by atomic mass is 79.9. The Kier molecular flexibility index (Phi) is 7.19. The third-order valence-corrected chi connectivity index (χ3v) is 7.90. The number of aromatic nitrogens is 2. The third kappa shape index (κ3) is 5.36. The molecule has 3 atom stereocenters. The normalized spacial score (nSPS) is 19.6. The van der Waals surface area contributed by atoms with Gasteiger partial charge in [0.2, 0.25) is 0 Å². The molecule has 1 amide bonds. The lowest BCUT2D eigenvalue weighted by Crippen LogP contribution is -2.52. The number of aliphatic hydroxyl groups is 1. The molecule has 190 valence electrons. The number of nitrogens with one attached hydrogen (secondary N) is 2. The van der Waals surface area contributed by atoms with Crippen LogP contribution >= 0.6 is 15.9 Å². The van der Waals surface area contributed by atoms with Gasteiger partial charge in [-0.1, -0.05) is 46.3 Å². The third-order valence-electron chi connectivity index (χ3n) is 7.40. The number of carbonyl (C=O) groups excluding carboxylic acids is 1. The summed E-state index contributed by atoms with van der Waals surface area (Å²) in [6.45, 7) is 2.20. The summed E-state index contributed by atoms with van der Waals surface area (Å²) >= 11 is 3.59. The summed E-state index contributed by atoms with van der Waals surface area (Å²) in [5.74, 6) is 0.670. The van der Waals surface area contributed by atoms with Crippen molar-refractivity contribution in [2.45, 2.75) is 62.8 Å². The molecule has 36 heavy (non-hydrogen) atoms. The number of nitrogens with zero attached hydrogens (tertiary/aromatic N) is 2. The fraction of sp³-hybridized carbons (Fsp3) is 0.429. The van der Waals surface area contributed by atoms with E-state index < -0.39 is 12.1 Å². The van der Waals surface area contributed by atoms with Gasteiger partial charge in [-0.15, -0.1) is 0 Å². The minimum absolute atomic E-state index is 0.0639. The monoisotopic (exact) mass is 552 g/mol. The summed E-state index contributed by atoms with van der Waals surface area (Å²) in [4.78, 5) is 13.1. The van der Waals surface area contributed by atoms with Crippen LogP contribution in [0.4, 0.5) is 0 Å². The zero-order valence-corrected chi connectivity index (χ0v) is 22.3. The van der Waals surface area contributed by atoms with Crippen LogP contribution in [0.2, 0.25) is 0 Å². The molecule has 1 saturated carbocycles. The predicted octanol–water partition coefficient (Wildman–Crippen LogP) is 4.23. The second-order valence-electron chi connectivity index (χ2n) is 10.1. The van der Waals surface area contributed by atoms with Crippen LogP contribution in [0.1, 0.15) is 59.0 Å². The van der Waals surface area contributed by atoms with Crippen molar-refractivity contribution in [1.29, 1.82) is 0 Å². The number of halogens is 1. The largest absolute Gasteiger partial charge is 0.487 e. The molecule has 0 radical (unpaired) electrons. The molecule has 3 N–H and O–H groups in total. The lowest BCUT2D eigenvalue weighted by atomic mass is 9.73. The molecule has 1 aliphatic heterocycles. The summed E-state index contributed by atoms with van der Waals surface area (Å²) in [6.07, 6.45) is 3.89. The molecule has 3 aromatic rings. The number of fused-ring (bicyclic) bond motifs is 1. The van der Waals surface area contributed by atoms with Gasteiger partial charge in [0, 0.05) is 36.1 Å². The molecule has 1 aromatic heterocycles. The van der Waals surface area contributed by atoms with Gasteiger partial charge in [-0.25, -0.2) is 0 Å². The number of aryl methyl sites for hydroxylation is 2. The van der Waals surface area contributed by atoms with Crippen LogP contribution in [-0.2, 0) is 13.5 Å². The van der Waals surface area contributed by atoms with Crippen LogP contribution in [-0.4, -0.2) is 45.1 Å². The molecular weight excluding hydrogens is 520 g/mol. The van der Waals surface area contributed by atoms with Crippen molar-refractivity contribution in [1.82, 2.24) is 20.4 Å². The van der Waals surface area contributed by atoms with Gasteiger partial charge in [-0.05, 0) is 62.4 Å². The first-order valence-electron chi connectivity index (χ1n) is 12.6. The number of aliphatic hydroxyl groups excluding tert-OH is 1. The molecule has 1 fully saturated rings. The first-order chi connectivity index (χ1) is 17.3. The van der Waals surface area contributed by atoms with Gasteiger partial charge in [0.05, 0.1) is 17.8 Å². The fourth-order valence-corrected chi connectivity index (χ4v) is 5.70. The van der Waals surface area contributed by atoms with Gasteiger partial charge in [0.1, 0.15) is 17.0 Å². The Balaban J connectivity index is 1.32. The maximum Gasteiger partial charge on any atom is 0.269 e. The van der Waals surface area contributed by atoms with E-state index in [1.54, 1.807) is 17.8 Å². The molecule has 2 aromatic carbocycles. The van der Waals surface area contributed by atoms with E-state index in [2.05, 4.69) is 37.7 Å². The molecular formula is C28H33BrN4O3. The summed E-state index contributed by atoms with van der Waals surface area (Å²) in [5, 5.41) is 22.3. The van der Waals surface area contributed by atoms with E-state index in [1.165, 1.54) is 6.42 Å². The van der Waals surface area contributed by atoms with Crippen molar-refractivity contribution in [3.05, 3.63) is 81.6 Å². The molecule has 1 aliphatic carbocycles. The highest BCUT2D eigenvalue weighted by Crippen LogP contribution is 2.49. The summed E-state index contributed by atoms with van der Waals surface area (Å²) in [7, 11) is 1.75. The Labute approximate surface area is 220 Å². The number of hydrogen-bond acceptors (Lipinski definition) is 5. The minimum atomic E-state index is -0.792. The van der Waals surface area contributed by atoms with Gasteiger partial charge < -0.3 is 20.5 Å². The van der Waals surface area contributed by atoms with Crippen LogP contribution in [0.25, 0.3) is 0 Å². The molecule has 0 saturated heterocycles. The first kappa shape index (κ1) is 25.0. The maximum absolute atomic E-state index is 13.1. The average molecular weight is 554 g/mol. The van der Waals surface area contributed by atoms with Crippen LogP contribution in [0.5, 0.6) is 5.75 Å². The van der Waals surface area contributed by atoms with E-state index in [0.717, 1.165) is 46.3 Å². The van der Waals surface area contributed by atoms with Crippen LogP contribution in [0, 0.1) is 6.92 Å². The van der Waals surface area contributed by atoms with Gasteiger partial charge in [-0.2, -0.15) is 5.10 Å². The number of ether oxygens (including phenoxy) is 1. The number of benzene rings is 2. The summed E-state index contributed by atoms with van der Waals surface area (Å²) in [6, 6.07) is 17.4. The van der Waals surface area contributed by atoms with Crippen molar-refractivity contribution in [2.24, 2.45) is 7.05 Å². The number of rotatable bonds is 8. The molecule has 2 heterocycles. The minimum Gasteiger partial charge on any atom is -0.487 e. The van der Waals surface area contributed by atoms with Crippen LogP contribution in [0.3, 0.4) is 0 Å². The van der Waals surface area contributed by atoms with Crippen LogP contribution < -0.4 is 15.4 Å². The smallest absolute Gasteiger partial charge is 0.269 e. The van der Waals surface area contributed by atoms with Gasteiger partial charge in [0.15, 0.2) is 0 Å². The lowest BCUT2D eigenvalue weighted by molar-refractivity contribution is -0.0382. The zero-order valence-electron chi connectivity index (χ0n) is 20.7. The van der Waals surface area contributed by atoms with Crippen LogP contribution in [0.15, 0.2) is 59.1 Å². The van der Waals surface area contributed by atoms with E-state index in [0.29, 0.717) is 18.7 Å². The van der Waals surface area contributed by atoms with Crippen molar-refractivity contribution in [3.8, 4) is 5.75 Å². The standard InChI is InChI=1S/C28H33BrN4O3/c1-18-13-24(33(2)32-18)27(35)31-22(14-19-7-4-3-5-8-19)25(34)17-30-23-16-28(11-6-12-28)36-26-10-9-20(29)15-21(23)26/h3-5,7-10,13,15,22-23,25,30,34H,6,11-12,14,16-17H2,1-2H3,(H,31,35)/t22-,23-,25+/m0/s1. The second kappa shape index (κ2) is 10.4. The van der Waals surface area contributed by atoms with E-state index in [1.807, 2.05) is 49.4 Å². The average Bonchev–Trinajstić information content (AvgIpc) is 3.19. The molecule has 5 rings (SSSR count). The summed E-state index contributed by atoms with van der Waals surface area (Å²) in [5.41, 5.74) is 3.29. The van der Waals surface area contributed by atoms with Crippen molar-refractivity contribution < 1.29 is 14.6 Å². The molecule has 0 unspecified atom stereocenters. The van der Waals surface area contributed by atoms with Crippen molar-refractivity contribution >= 4 is 21.8 Å². The Bertz CT molecular complexity index is 1220. The highest BCUT2D eigenvalue weighted by Gasteiger charge is 2.45. The Morgan fingerprint density at radius 2 is 2.03 bits per heavy atom. The van der Waals surface area contributed by atoms with Crippen molar-refractivity contribution in [2.75, 3.05) is 6.54 Å². The van der Waals surface area contributed by atoms with E-state index in [9.17, 15) is 9.90 Å². The molecule has 8 heteroatoms. The Morgan fingerprint density at radius 1 is 1.25 bits per heavy atom. The quantitative estimate of drug-likeness (QED) is 0.389. The maximum atomic E-state index is 13.1. The number of carbonyl (C=O) groups is 1. The first-order valence-corrected chi connectivity index (χ1v) is 13.4. The SMILES string of the molecule is Cc1cc(C(=O)N[C@@H](Cc2ccccc2)[C@H](O)CN[C@H]2CC3(CCC3)Oc3ccc(Br)cc32)n(C)n1. The summed E-state index contributed by atoms with van der Waals surface area (Å²) < 4.78 is 8.98. The van der Waals surface area contributed by atoms with Crippen molar-refractivity contribution in [3.63, 3.8) is 0 Å².